The van der Waals surface area contributed by atoms with E-state index >= 15 is 0 Å². The number of nitrogens with zero attached hydrogens (tertiary/aromatic N) is 1. The van der Waals surface area contributed by atoms with Crippen molar-refractivity contribution in [2.24, 2.45) is 0 Å². The Morgan fingerprint density at radius 2 is 2.00 bits per heavy atom. The quantitative estimate of drug-likeness (QED) is 0.600. The van der Waals surface area contributed by atoms with Crippen LogP contribution in [0.5, 0.6) is 0 Å². The van der Waals surface area contributed by atoms with Gasteiger partial charge in [-0.1, -0.05) is 0 Å². The van der Waals surface area contributed by atoms with Gasteiger partial charge in [0.25, 0.3) is 6.43 Å². The van der Waals surface area contributed by atoms with Crippen LogP contribution in [0.15, 0.2) is 6.07 Å². The van der Waals surface area contributed by atoms with Gasteiger partial charge in [-0.2, -0.15) is 0 Å². The second-order valence-electron chi connectivity index (χ2n) is 2.28. The molecule has 6 heteroatoms. The van der Waals surface area contributed by atoms with Crippen LogP contribution in [0.3, 0.4) is 0 Å². The molecule has 0 atom stereocenters. The molecule has 72 valence electrons. The molecule has 0 fully saturated rings. The number of hydrogen-bond acceptors (Lipinski definition) is 2. The van der Waals surface area contributed by atoms with Crippen molar-refractivity contribution < 1.29 is 13.9 Å². The Labute approximate surface area is 101 Å². The zero-order valence-electron chi connectivity index (χ0n) is 6.27. The van der Waals surface area contributed by atoms with Gasteiger partial charge in [-0.25, -0.2) is 13.8 Å². The van der Waals surface area contributed by atoms with E-state index < -0.39 is 6.43 Å². The van der Waals surface area contributed by atoms with E-state index in [2.05, 4.69) is 4.98 Å². The van der Waals surface area contributed by atoms with E-state index in [0.717, 1.165) is 0 Å². The minimum Gasteiger partial charge on any atom is -0.392 e. The average Bonchev–Trinajstić information content (AvgIpc) is 2.03. The summed E-state index contributed by atoms with van der Waals surface area (Å²) in [5.41, 5.74) is 0.321. The summed E-state index contributed by atoms with van der Waals surface area (Å²) < 4.78 is 25.5. The van der Waals surface area contributed by atoms with Crippen molar-refractivity contribution in [3.8, 4) is 0 Å². The van der Waals surface area contributed by atoms with Crippen molar-refractivity contribution in [1.82, 2.24) is 4.98 Å². The number of aliphatic hydroxyl groups excluding tert-OH is 1. The Bertz CT molecular complexity index is 320. The van der Waals surface area contributed by atoms with E-state index in [4.69, 9.17) is 5.11 Å². The van der Waals surface area contributed by atoms with E-state index in [-0.39, 0.29) is 15.9 Å². The van der Waals surface area contributed by atoms with E-state index in [9.17, 15) is 8.78 Å². The first kappa shape index (κ1) is 11.5. The molecule has 0 aromatic carbocycles. The monoisotopic (exact) mass is 411 g/mol. The van der Waals surface area contributed by atoms with Gasteiger partial charge in [0.1, 0.15) is 7.40 Å². The number of alkyl halides is 2. The van der Waals surface area contributed by atoms with Crippen molar-refractivity contribution >= 4 is 45.2 Å². The molecular formula is C7H5F2I2NO. The maximum atomic E-state index is 12.3. The molecule has 0 bridgehead atoms. The Morgan fingerprint density at radius 3 is 2.46 bits per heavy atom. The first-order valence-corrected chi connectivity index (χ1v) is 5.45. The van der Waals surface area contributed by atoms with Crippen LogP contribution in [0.2, 0.25) is 0 Å². The summed E-state index contributed by atoms with van der Waals surface area (Å²) in [5.74, 6) is 0. The highest BCUT2D eigenvalue weighted by Gasteiger charge is 2.15. The molecular weight excluding hydrogens is 406 g/mol. The number of aliphatic hydroxyl groups is 1. The van der Waals surface area contributed by atoms with Gasteiger partial charge in [-0.05, 0) is 51.2 Å². The second-order valence-corrected chi connectivity index (χ2v) is 4.32. The summed E-state index contributed by atoms with van der Waals surface area (Å²) in [7, 11) is 0. The predicted molar refractivity (Wildman–Crippen MR) is 60.6 cm³/mol. The molecule has 0 amide bonds. The Kier molecular flexibility index (Phi) is 4.23. The van der Waals surface area contributed by atoms with Crippen LogP contribution in [-0.4, -0.2) is 10.1 Å². The van der Waals surface area contributed by atoms with Crippen molar-refractivity contribution in [1.29, 1.82) is 0 Å². The minimum atomic E-state index is -2.54. The van der Waals surface area contributed by atoms with E-state index in [1.165, 1.54) is 6.07 Å². The largest absolute Gasteiger partial charge is 0.392 e. The highest BCUT2D eigenvalue weighted by Crippen LogP contribution is 2.25. The van der Waals surface area contributed by atoms with Crippen LogP contribution >= 0.6 is 45.2 Å². The smallest absolute Gasteiger partial charge is 0.266 e. The molecule has 0 saturated carbocycles. The predicted octanol–water partition coefficient (Wildman–Crippen LogP) is 2.72. The Balaban J connectivity index is 3.22. The van der Waals surface area contributed by atoms with E-state index in [0.29, 0.717) is 9.26 Å². The van der Waals surface area contributed by atoms with E-state index in [1.807, 2.05) is 22.6 Å². The zero-order chi connectivity index (χ0) is 10.0. The molecule has 13 heavy (non-hydrogen) atoms. The summed E-state index contributed by atoms with van der Waals surface area (Å²) in [6, 6.07) is 1.29. The lowest BCUT2D eigenvalue weighted by atomic mass is 10.2. The normalized spacial score (nSPS) is 10.9. The topological polar surface area (TPSA) is 33.1 Å². The van der Waals surface area contributed by atoms with Crippen molar-refractivity contribution in [3.63, 3.8) is 0 Å². The first-order valence-electron chi connectivity index (χ1n) is 3.30. The summed E-state index contributed by atoms with van der Waals surface area (Å²) in [5, 5.41) is 8.82. The minimum absolute atomic E-state index is 0.120. The summed E-state index contributed by atoms with van der Waals surface area (Å²) >= 11 is 3.66. The van der Waals surface area contributed by atoms with E-state index in [1.54, 1.807) is 22.6 Å². The van der Waals surface area contributed by atoms with Crippen molar-refractivity contribution in [2.75, 3.05) is 0 Å². The fourth-order valence-electron chi connectivity index (χ4n) is 0.793. The molecule has 2 nitrogen and oxygen atoms in total. The standard InChI is InChI=1S/C7H5F2I2NO/c8-5(9)4-1-3(2-13)6(10)12-7(4)11/h1,5,13H,2H2. The number of aromatic nitrogens is 1. The number of rotatable bonds is 2. The summed E-state index contributed by atoms with van der Waals surface area (Å²) in [4.78, 5) is 3.90. The molecule has 0 unspecified atom stereocenters. The Hall–Kier alpha value is 0.430. The van der Waals surface area contributed by atoms with Gasteiger partial charge in [-0.15, -0.1) is 0 Å². The van der Waals surface area contributed by atoms with Gasteiger partial charge in [0.05, 0.1) is 12.2 Å². The Morgan fingerprint density at radius 1 is 1.38 bits per heavy atom. The third kappa shape index (κ3) is 2.69. The van der Waals surface area contributed by atoms with Gasteiger partial charge in [0, 0.05) is 5.56 Å². The number of pyridine rings is 1. The average molecular weight is 411 g/mol. The molecule has 1 rings (SSSR count). The zero-order valence-corrected chi connectivity index (χ0v) is 10.6. The van der Waals surface area contributed by atoms with Gasteiger partial charge < -0.3 is 5.11 Å². The molecule has 1 aromatic rings. The highest BCUT2D eigenvalue weighted by atomic mass is 127. The second kappa shape index (κ2) is 4.78. The van der Waals surface area contributed by atoms with Gasteiger partial charge in [-0.3, -0.25) is 0 Å². The molecule has 0 aliphatic carbocycles. The molecule has 0 aliphatic heterocycles. The van der Waals surface area contributed by atoms with Crippen molar-refractivity contribution in [3.05, 3.63) is 24.6 Å². The summed E-state index contributed by atoms with van der Waals surface area (Å²) in [6.07, 6.45) is -2.54. The molecule has 0 aliphatic rings. The van der Waals surface area contributed by atoms with Gasteiger partial charge >= 0.3 is 0 Å². The molecule has 1 N–H and O–H groups in total. The van der Waals surface area contributed by atoms with Crippen LogP contribution in [0.1, 0.15) is 17.6 Å². The van der Waals surface area contributed by atoms with Crippen LogP contribution in [0.25, 0.3) is 0 Å². The third-order valence-corrected chi connectivity index (χ3v) is 3.23. The lowest BCUT2D eigenvalue weighted by Gasteiger charge is -2.06. The third-order valence-electron chi connectivity index (χ3n) is 1.43. The maximum absolute atomic E-state index is 12.3. The fourth-order valence-corrected chi connectivity index (χ4v) is 2.45. The molecule has 1 heterocycles. The SMILES string of the molecule is OCc1cc(C(F)F)c(I)nc1I. The molecule has 0 radical (unpaired) electrons. The lowest BCUT2D eigenvalue weighted by molar-refractivity contribution is 0.149. The molecule has 0 spiro atoms. The van der Waals surface area contributed by atoms with Crippen molar-refractivity contribution in [2.45, 2.75) is 13.0 Å². The van der Waals surface area contributed by atoms with Crippen LogP contribution in [-0.2, 0) is 6.61 Å². The number of hydrogen-bond donors (Lipinski definition) is 1. The lowest BCUT2D eigenvalue weighted by Crippen LogP contribution is -2.00. The van der Waals surface area contributed by atoms with Crippen LogP contribution in [0.4, 0.5) is 8.78 Å². The summed E-state index contributed by atoms with van der Waals surface area (Å²) in [6.45, 7) is -0.262. The van der Waals surface area contributed by atoms with Crippen LogP contribution in [0, 0.1) is 7.40 Å². The highest BCUT2D eigenvalue weighted by molar-refractivity contribution is 14.1. The number of halogens is 4. The molecule has 1 aromatic heterocycles. The maximum Gasteiger partial charge on any atom is 0.266 e. The van der Waals surface area contributed by atoms with Crippen LogP contribution < -0.4 is 0 Å². The van der Waals surface area contributed by atoms with Gasteiger partial charge in [0.2, 0.25) is 0 Å². The first-order chi connectivity index (χ1) is 6.06. The van der Waals surface area contributed by atoms with Gasteiger partial charge in [0.15, 0.2) is 0 Å². The fraction of sp³-hybridized carbons (Fsp3) is 0.286. The molecule has 0 saturated heterocycles.